The summed E-state index contributed by atoms with van der Waals surface area (Å²) in [7, 11) is 0. The Morgan fingerprint density at radius 2 is 1.92 bits per heavy atom. The Morgan fingerprint density at radius 1 is 1.08 bits per heavy atom. The van der Waals surface area contributed by atoms with Crippen molar-refractivity contribution in [2.75, 3.05) is 5.32 Å². The van der Waals surface area contributed by atoms with Crippen LogP contribution in [0.15, 0.2) is 66.2 Å². The van der Waals surface area contributed by atoms with Crippen molar-refractivity contribution in [3.05, 3.63) is 77.8 Å². The maximum absolute atomic E-state index is 13.2. The molecule has 0 bridgehead atoms. The molecule has 3 aromatic heterocycles. The van der Waals surface area contributed by atoms with Crippen LogP contribution in [0.5, 0.6) is 0 Å². The van der Waals surface area contributed by atoms with E-state index in [0.29, 0.717) is 17.3 Å². The number of halogens is 1. The lowest BCUT2D eigenvalue weighted by Gasteiger charge is -2.04. The van der Waals surface area contributed by atoms with Crippen LogP contribution in [0.4, 0.5) is 10.2 Å². The van der Waals surface area contributed by atoms with Gasteiger partial charge in [-0.05, 0) is 47.8 Å². The second-order valence-electron chi connectivity index (χ2n) is 5.29. The summed E-state index contributed by atoms with van der Waals surface area (Å²) in [5.41, 5.74) is 0.610. The number of pyridine rings is 1. The van der Waals surface area contributed by atoms with E-state index in [4.69, 9.17) is 0 Å². The van der Waals surface area contributed by atoms with Crippen molar-refractivity contribution in [1.29, 1.82) is 0 Å². The molecule has 0 spiro atoms. The average Bonchev–Trinajstić information content (AvgIpc) is 3.33. The van der Waals surface area contributed by atoms with Crippen LogP contribution in [0.1, 0.15) is 10.6 Å². The second-order valence-corrected chi connectivity index (χ2v) is 6.24. The van der Waals surface area contributed by atoms with Crippen molar-refractivity contribution in [1.82, 2.24) is 19.7 Å². The van der Waals surface area contributed by atoms with E-state index < -0.39 is 5.91 Å². The summed E-state index contributed by atoms with van der Waals surface area (Å²) in [6.45, 7) is 0. The first-order valence-corrected chi connectivity index (χ1v) is 8.58. The van der Waals surface area contributed by atoms with E-state index >= 15 is 0 Å². The van der Waals surface area contributed by atoms with E-state index in [0.717, 1.165) is 4.88 Å². The van der Waals surface area contributed by atoms with Crippen molar-refractivity contribution in [3.8, 4) is 16.4 Å². The molecule has 1 aromatic carbocycles. The molecular formula is C18H12FN5OS. The van der Waals surface area contributed by atoms with Gasteiger partial charge >= 0.3 is 0 Å². The van der Waals surface area contributed by atoms with Gasteiger partial charge in [0, 0.05) is 6.20 Å². The van der Waals surface area contributed by atoms with Crippen molar-refractivity contribution in [3.63, 3.8) is 0 Å². The van der Waals surface area contributed by atoms with Gasteiger partial charge in [0.1, 0.15) is 11.6 Å². The number of aromatic nitrogens is 4. The number of hydrogen-bond donors (Lipinski definition) is 1. The van der Waals surface area contributed by atoms with Gasteiger partial charge in [0.05, 0.1) is 10.6 Å². The Morgan fingerprint density at radius 3 is 2.62 bits per heavy atom. The first kappa shape index (κ1) is 16.1. The van der Waals surface area contributed by atoms with Crippen molar-refractivity contribution in [2.24, 2.45) is 0 Å². The third-order valence-corrected chi connectivity index (χ3v) is 4.40. The first-order valence-electron chi connectivity index (χ1n) is 7.70. The number of rotatable bonds is 4. The summed E-state index contributed by atoms with van der Waals surface area (Å²) in [6, 6.07) is 14.8. The Hall–Kier alpha value is -3.39. The maximum Gasteiger partial charge on any atom is 0.296 e. The summed E-state index contributed by atoms with van der Waals surface area (Å²) in [4.78, 5) is 21.8. The lowest BCUT2D eigenvalue weighted by molar-refractivity contribution is 0.101. The van der Waals surface area contributed by atoms with Crippen LogP contribution >= 0.6 is 11.3 Å². The number of thiophene rings is 1. The molecule has 0 unspecified atom stereocenters. The minimum atomic E-state index is -0.470. The van der Waals surface area contributed by atoms with Crippen LogP contribution in [0.2, 0.25) is 0 Å². The lowest BCUT2D eigenvalue weighted by Crippen LogP contribution is -2.15. The Bertz CT molecular complexity index is 1030. The van der Waals surface area contributed by atoms with E-state index in [1.54, 1.807) is 36.5 Å². The van der Waals surface area contributed by atoms with E-state index in [-0.39, 0.29) is 11.6 Å². The average molecular weight is 365 g/mol. The van der Waals surface area contributed by atoms with E-state index in [1.807, 2.05) is 17.5 Å². The molecule has 128 valence electrons. The molecule has 0 radical (unpaired) electrons. The normalized spacial score (nSPS) is 10.7. The number of anilines is 1. The fraction of sp³-hybridized carbons (Fsp3) is 0. The number of carbonyl (C=O) groups is 1. The number of carbonyl (C=O) groups excluding carboxylic acids is 1. The van der Waals surface area contributed by atoms with Crippen LogP contribution < -0.4 is 5.32 Å². The summed E-state index contributed by atoms with van der Waals surface area (Å²) in [5, 5.41) is 8.88. The van der Waals surface area contributed by atoms with Gasteiger partial charge in [-0.1, -0.05) is 12.1 Å². The predicted molar refractivity (Wildman–Crippen MR) is 96.8 cm³/mol. The first-order chi connectivity index (χ1) is 12.7. The quantitative estimate of drug-likeness (QED) is 0.597. The largest absolute Gasteiger partial charge is 0.304 e. The van der Waals surface area contributed by atoms with Crippen LogP contribution in [-0.2, 0) is 0 Å². The van der Waals surface area contributed by atoms with Gasteiger partial charge in [-0.3, -0.25) is 4.79 Å². The molecule has 26 heavy (non-hydrogen) atoms. The molecule has 8 heteroatoms. The molecule has 0 aliphatic carbocycles. The fourth-order valence-corrected chi connectivity index (χ4v) is 3.04. The molecule has 0 saturated heterocycles. The molecule has 4 aromatic rings. The zero-order valence-electron chi connectivity index (χ0n) is 13.3. The highest BCUT2D eigenvalue weighted by molar-refractivity contribution is 7.13. The van der Waals surface area contributed by atoms with Crippen LogP contribution in [-0.4, -0.2) is 25.7 Å². The van der Waals surface area contributed by atoms with E-state index in [1.165, 1.54) is 28.2 Å². The molecule has 4 rings (SSSR count). The minimum Gasteiger partial charge on any atom is -0.304 e. The number of hydrogen-bond acceptors (Lipinski definition) is 5. The molecular weight excluding hydrogens is 353 g/mol. The predicted octanol–water partition coefficient (Wildman–Crippen LogP) is 3.78. The van der Waals surface area contributed by atoms with Crippen LogP contribution in [0, 0.1) is 5.82 Å². The van der Waals surface area contributed by atoms with Gasteiger partial charge in [-0.15, -0.1) is 16.4 Å². The van der Waals surface area contributed by atoms with Gasteiger partial charge in [0.2, 0.25) is 5.82 Å². The molecule has 1 N–H and O–H groups in total. The summed E-state index contributed by atoms with van der Waals surface area (Å²) in [6.07, 6.45) is 1.58. The van der Waals surface area contributed by atoms with Crippen LogP contribution in [0.3, 0.4) is 0 Å². The molecule has 0 fully saturated rings. The summed E-state index contributed by atoms with van der Waals surface area (Å²) < 4.78 is 14.8. The standard InChI is InChI=1S/C18H12FN5OS/c19-12-6-8-13(9-7-12)24-17(14-4-3-11-26-14)22-16(23-24)18(25)21-15-5-1-2-10-20-15/h1-11H,(H,20,21,25). The molecule has 0 atom stereocenters. The third-order valence-electron chi connectivity index (χ3n) is 3.53. The fourth-order valence-electron chi connectivity index (χ4n) is 2.34. The van der Waals surface area contributed by atoms with Crippen LogP contribution in [0.25, 0.3) is 16.4 Å². The highest BCUT2D eigenvalue weighted by Gasteiger charge is 2.19. The van der Waals surface area contributed by atoms with Crippen molar-refractivity contribution < 1.29 is 9.18 Å². The SMILES string of the molecule is O=C(Nc1ccccn1)c1nc(-c2cccs2)n(-c2ccc(F)cc2)n1. The number of benzene rings is 1. The number of nitrogens with zero attached hydrogens (tertiary/aromatic N) is 4. The van der Waals surface area contributed by atoms with Gasteiger partial charge in [0.15, 0.2) is 5.82 Å². The molecule has 6 nitrogen and oxygen atoms in total. The monoisotopic (exact) mass is 365 g/mol. The Balaban J connectivity index is 1.74. The van der Waals surface area contributed by atoms with Gasteiger partial charge in [0.25, 0.3) is 5.91 Å². The molecule has 0 aliphatic rings. The number of nitrogens with one attached hydrogen (secondary N) is 1. The summed E-state index contributed by atoms with van der Waals surface area (Å²) in [5.74, 6) is 0.108. The molecule has 3 heterocycles. The molecule has 1 amide bonds. The zero-order chi connectivity index (χ0) is 17.9. The van der Waals surface area contributed by atoms with E-state index in [9.17, 15) is 9.18 Å². The zero-order valence-corrected chi connectivity index (χ0v) is 14.2. The summed E-state index contributed by atoms with van der Waals surface area (Å²) >= 11 is 1.48. The minimum absolute atomic E-state index is 0.00313. The van der Waals surface area contributed by atoms with Crippen molar-refractivity contribution in [2.45, 2.75) is 0 Å². The topological polar surface area (TPSA) is 72.7 Å². The lowest BCUT2D eigenvalue weighted by atomic mass is 10.3. The van der Waals surface area contributed by atoms with Crippen molar-refractivity contribution >= 4 is 23.1 Å². The maximum atomic E-state index is 13.2. The smallest absolute Gasteiger partial charge is 0.296 e. The number of amides is 1. The van der Waals surface area contributed by atoms with Gasteiger partial charge in [-0.25, -0.2) is 19.0 Å². The van der Waals surface area contributed by atoms with Gasteiger partial charge in [-0.2, -0.15) is 0 Å². The third kappa shape index (κ3) is 3.22. The second kappa shape index (κ2) is 6.85. The van der Waals surface area contributed by atoms with Gasteiger partial charge < -0.3 is 5.32 Å². The van der Waals surface area contributed by atoms with E-state index in [2.05, 4.69) is 20.4 Å². The highest BCUT2D eigenvalue weighted by Crippen LogP contribution is 2.25. The molecule has 0 aliphatic heterocycles. The highest BCUT2D eigenvalue weighted by atomic mass is 32.1. The Kier molecular flexibility index (Phi) is 4.24. The molecule has 0 saturated carbocycles. The Labute approximate surface area is 152 Å².